The number of aryl methyl sites for hydroxylation is 1. The van der Waals surface area contributed by atoms with Crippen molar-refractivity contribution in [3.63, 3.8) is 0 Å². The standard InChI is InChI=1S/C15H16ClN3O4/c1-19-8-11(15(22)17-6-7-23-9-13(20)21)14(18-19)10-4-2-3-5-12(10)16/h2-5,8H,6-7,9H2,1H3,(H,17,22)(H,20,21). The van der Waals surface area contributed by atoms with Gasteiger partial charge in [-0.25, -0.2) is 4.79 Å². The molecule has 1 amide bonds. The Morgan fingerprint density at radius 1 is 1.39 bits per heavy atom. The highest BCUT2D eigenvalue weighted by atomic mass is 35.5. The lowest BCUT2D eigenvalue weighted by Crippen LogP contribution is -2.28. The first kappa shape index (κ1) is 17.0. The Kier molecular flexibility index (Phi) is 5.72. The zero-order chi connectivity index (χ0) is 16.8. The van der Waals surface area contributed by atoms with Crippen molar-refractivity contribution in [1.82, 2.24) is 15.1 Å². The summed E-state index contributed by atoms with van der Waals surface area (Å²) >= 11 is 6.16. The van der Waals surface area contributed by atoms with Gasteiger partial charge in [0, 0.05) is 25.4 Å². The molecular formula is C15H16ClN3O4. The molecule has 0 unspecified atom stereocenters. The summed E-state index contributed by atoms with van der Waals surface area (Å²) in [5.74, 6) is -1.38. The molecule has 7 nitrogen and oxygen atoms in total. The molecule has 0 aliphatic heterocycles. The van der Waals surface area contributed by atoms with Crippen molar-refractivity contribution in [3.8, 4) is 11.3 Å². The number of rotatable bonds is 7. The van der Waals surface area contributed by atoms with Crippen LogP contribution in [0.2, 0.25) is 5.02 Å². The van der Waals surface area contributed by atoms with Crippen molar-refractivity contribution >= 4 is 23.5 Å². The second kappa shape index (κ2) is 7.75. The second-order valence-electron chi connectivity index (χ2n) is 4.75. The van der Waals surface area contributed by atoms with Gasteiger partial charge in [0.25, 0.3) is 5.91 Å². The maximum atomic E-state index is 12.3. The molecule has 0 atom stereocenters. The fourth-order valence-electron chi connectivity index (χ4n) is 2.00. The van der Waals surface area contributed by atoms with Gasteiger partial charge >= 0.3 is 5.97 Å². The molecular weight excluding hydrogens is 322 g/mol. The number of amides is 1. The Morgan fingerprint density at radius 2 is 2.13 bits per heavy atom. The van der Waals surface area contributed by atoms with Crippen LogP contribution in [0.25, 0.3) is 11.3 Å². The molecule has 0 bridgehead atoms. The van der Waals surface area contributed by atoms with E-state index in [1.165, 1.54) is 4.68 Å². The van der Waals surface area contributed by atoms with Gasteiger partial charge in [-0.3, -0.25) is 9.48 Å². The van der Waals surface area contributed by atoms with Crippen LogP contribution in [-0.4, -0.2) is 46.5 Å². The fourth-order valence-corrected chi connectivity index (χ4v) is 2.22. The lowest BCUT2D eigenvalue weighted by Gasteiger charge is -2.06. The van der Waals surface area contributed by atoms with Crippen LogP contribution in [0.15, 0.2) is 30.5 Å². The Bertz CT molecular complexity index is 714. The van der Waals surface area contributed by atoms with E-state index in [9.17, 15) is 9.59 Å². The number of carbonyl (C=O) groups excluding carboxylic acids is 1. The molecule has 0 radical (unpaired) electrons. The second-order valence-corrected chi connectivity index (χ2v) is 5.15. The molecule has 1 aromatic heterocycles. The quantitative estimate of drug-likeness (QED) is 0.748. The number of ether oxygens (including phenoxy) is 1. The Morgan fingerprint density at radius 3 is 2.83 bits per heavy atom. The highest BCUT2D eigenvalue weighted by molar-refractivity contribution is 6.33. The average molecular weight is 338 g/mol. The number of nitrogens with one attached hydrogen (secondary N) is 1. The number of hydrogen-bond donors (Lipinski definition) is 2. The van der Waals surface area contributed by atoms with Gasteiger partial charge < -0.3 is 15.2 Å². The number of carboxylic acids is 1. The summed E-state index contributed by atoms with van der Waals surface area (Å²) in [5.41, 5.74) is 1.54. The monoisotopic (exact) mass is 337 g/mol. The van der Waals surface area contributed by atoms with Crippen LogP contribution in [0, 0.1) is 0 Å². The van der Waals surface area contributed by atoms with E-state index in [0.29, 0.717) is 21.8 Å². The molecule has 122 valence electrons. The number of hydrogen-bond acceptors (Lipinski definition) is 4. The molecule has 23 heavy (non-hydrogen) atoms. The van der Waals surface area contributed by atoms with Crippen molar-refractivity contribution in [1.29, 1.82) is 0 Å². The minimum atomic E-state index is -1.05. The van der Waals surface area contributed by atoms with Crippen LogP contribution >= 0.6 is 11.6 Å². The van der Waals surface area contributed by atoms with Crippen LogP contribution in [0.1, 0.15) is 10.4 Å². The zero-order valence-corrected chi connectivity index (χ0v) is 13.2. The summed E-state index contributed by atoms with van der Waals surface area (Å²) in [6.45, 7) is -0.0870. The van der Waals surface area contributed by atoms with Crippen molar-refractivity contribution in [2.24, 2.45) is 7.05 Å². The van der Waals surface area contributed by atoms with Crippen molar-refractivity contribution < 1.29 is 19.4 Å². The van der Waals surface area contributed by atoms with E-state index in [4.69, 9.17) is 21.4 Å². The molecule has 2 N–H and O–H groups in total. The molecule has 1 aromatic carbocycles. The Labute approximate surface area is 137 Å². The van der Waals surface area contributed by atoms with Gasteiger partial charge in [0.15, 0.2) is 0 Å². The van der Waals surface area contributed by atoms with E-state index in [-0.39, 0.29) is 19.1 Å². The minimum absolute atomic E-state index is 0.111. The highest BCUT2D eigenvalue weighted by Gasteiger charge is 2.18. The molecule has 0 saturated heterocycles. The molecule has 0 spiro atoms. The van der Waals surface area contributed by atoms with E-state index in [0.717, 1.165) is 0 Å². The molecule has 8 heteroatoms. The smallest absolute Gasteiger partial charge is 0.329 e. The zero-order valence-electron chi connectivity index (χ0n) is 12.5. The Balaban J connectivity index is 2.07. The van der Waals surface area contributed by atoms with Crippen molar-refractivity contribution in [2.75, 3.05) is 19.8 Å². The molecule has 1 heterocycles. The first-order valence-corrected chi connectivity index (χ1v) is 7.23. The summed E-state index contributed by atoms with van der Waals surface area (Å²) in [6, 6.07) is 7.13. The molecule has 2 rings (SSSR count). The average Bonchev–Trinajstić information content (AvgIpc) is 2.88. The van der Waals surface area contributed by atoms with Gasteiger partial charge in [0.2, 0.25) is 0 Å². The predicted molar refractivity (Wildman–Crippen MR) is 84.4 cm³/mol. The van der Waals surface area contributed by atoms with Gasteiger partial charge in [0.05, 0.1) is 17.2 Å². The lowest BCUT2D eigenvalue weighted by atomic mass is 10.1. The van der Waals surface area contributed by atoms with Crippen LogP contribution in [0.3, 0.4) is 0 Å². The number of carboxylic acid groups (broad SMARTS) is 1. The minimum Gasteiger partial charge on any atom is -0.480 e. The summed E-state index contributed by atoms with van der Waals surface area (Å²) in [4.78, 5) is 22.6. The first-order chi connectivity index (χ1) is 11.0. The fraction of sp³-hybridized carbons (Fsp3) is 0.267. The number of aliphatic carboxylic acids is 1. The summed E-state index contributed by atoms with van der Waals surface area (Å²) in [6.07, 6.45) is 1.60. The topological polar surface area (TPSA) is 93.5 Å². The third-order valence-corrected chi connectivity index (χ3v) is 3.29. The van der Waals surface area contributed by atoms with E-state index in [1.807, 2.05) is 6.07 Å². The van der Waals surface area contributed by atoms with Gasteiger partial charge in [-0.15, -0.1) is 0 Å². The highest BCUT2D eigenvalue weighted by Crippen LogP contribution is 2.28. The largest absolute Gasteiger partial charge is 0.480 e. The van der Waals surface area contributed by atoms with E-state index in [2.05, 4.69) is 10.4 Å². The van der Waals surface area contributed by atoms with Crippen molar-refractivity contribution in [3.05, 3.63) is 41.0 Å². The Hall–Kier alpha value is -2.38. The van der Waals surface area contributed by atoms with E-state index >= 15 is 0 Å². The number of nitrogens with zero attached hydrogens (tertiary/aromatic N) is 2. The van der Waals surface area contributed by atoms with Gasteiger partial charge in [-0.2, -0.15) is 5.10 Å². The molecule has 0 aliphatic carbocycles. The molecule has 0 aliphatic rings. The summed E-state index contributed by atoms with van der Waals surface area (Å²) < 4.78 is 6.40. The number of carbonyl (C=O) groups is 2. The van der Waals surface area contributed by atoms with Crippen LogP contribution in [0.4, 0.5) is 0 Å². The molecule has 2 aromatic rings. The van der Waals surface area contributed by atoms with E-state index < -0.39 is 12.6 Å². The summed E-state index contributed by atoms with van der Waals surface area (Å²) in [7, 11) is 1.72. The van der Waals surface area contributed by atoms with Gasteiger partial charge in [0.1, 0.15) is 12.3 Å². The van der Waals surface area contributed by atoms with Gasteiger partial charge in [-0.1, -0.05) is 29.8 Å². The molecule has 0 fully saturated rings. The third-order valence-electron chi connectivity index (χ3n) is 2.96. The maximum absolute atomic E-state index is 12.3. The molecule has 0 saturated carbocycles. The summed E-state index contributed by atoms with van der Waals surface area (Å²) in [5, 5.41) is 15.9. The van der Waals surface area contributed by atoms with Crippen LogP contribution in [0.5, 0.6) is 0 Å². The number of aromatic nitrogens is 2. The van der Waals surface area contributed by atoms with Crippen molar-refractivity contribution in [2.45, 2.75) is 0 Å². The van der Waals surface area contributed by atoms with Crippen LogP contribution in [-0.2, 0) is 16.6 Å². The first-order valence-electron chi connectivity index (χ1n) is 6.85. The van der Waals surface area contributed by atoms with Gasteiger partial charge in [-0.05, 0) is 6.07 Å². The third kappa shape index (κ3) is 4.54. The van der Waals surface area contributed by atoms with E-state index in [1.54, 1.807) is 31.4 Å². The predicted octanol–water partition coefficient (Wildman–Crippen LogP) is 1.57. The number of halogens is 1. The maximum Gasteiger partial charge on any atom is 0.329 e. The number of benzene rings is 1. The normalized spacial score (nSPS) is 10.5. The lowest BCUT2D eigenvalue weighted by molar-refractivity contribution is -0.142. The van der Waals surface area contributed by atoms with Crippen LogP contribution < -0.4 is 5.32 Å². The SMILES string of the molecule is Cn1cc(C(=O)NCCOCC(=O)O)c(-c2ccccc2Cl)n1.